The van der Waals surface area contributed by atoms with Crippen molar-refractivity contribution in [1.29, 1.82) is 0 Å². The predicted molar refractivity (Wildman–Crippen MR) is 117 cm³/mol. The van der Waals surface area contributed by atoms with Crippen molar-refractivity contribution in [3.8, 4) is 0 Å². The molecule has 1 atom stereocenters. The van der Waals surface area contributed by atoms with Gasteiger partial charge in [-0.15, -0.1) is 0 Å². The van der Waals surface area contributed by atoms with Gasteiger partial charge in [0, 0.05) is 18.2 Å². The molecule has 1 N–H and O–H groups in total. The van der Waals surface area contributed by atoms with Crippen LogP contribution < -0.4 is 5.32 Å². The molecule has 16 heteroatoms. The van der Waals surface area contributed by atoms with Crippen molar-refractivity contribution in [2.45, 2.75) is 24.4 Å². The van der Waals surface area contributed by atoms with Crippen molar-refractivity contribution >= 4 is 29.2 Å². The van der Waals surface area contributed by atoms with Gasteiger partial charge in [0.25, 0.3) is 0 Å². The van der Waals surface area contributed by atoms with Gasteiger partial charge in [0.05, 0.1) is 17.1 Å². The zero-order valence-corrected chi connectivity index (χ0v) is 20.1. The fourth-order valence-corrected chi connectivity index (χ4v) is 3.30. The maximum absolute atomic E-state index is 14.8. The van der Waals surface area contributed by atoms with E-state index in [1.54, 1.807) is 0 Å². The first-order valence-corrected chi connectivity index (χ1v) is 10.8. The van der Waals surface area contributed by atoms with Crippen molar-refractivity contribution in [2.75, 3.05) is 20.1 Å². The number of nitrogens with zero attached hydrogens (tertiary/aromatic N) is 1. The number of Topliss-reactive ketones (excluding diaryl/α,β-unsaturated/α-hetero) is 1. The van der Waals surface area contributed by atoms with Gasteiger partial charge in [0.15, 0.2) is 5.78 Å². The number of rotatable bonds is 7. The van der Waals surface area contributed by atoms with Gasteiger partial charge in [0.2, 0.25) is 0 Å². The number of alkyl halides is 9. The van der Waals surface area contributed by atoms with E-state index < -0.39 is 88.3 Å². The second-order valence-corrected chi connectivity index (χ2v) is 8.43. The molecule has 2 rings (SSSR count). The number of ketones is 1. The SMILES string of the molecule is CN(CC(=O)c1ccc(/C(F)=C/C(c2ccc(Cl)c(F)c2)C(F)(F)F)cc1C(F)(F)F)C(=O)NCC(F)(F)F. The molecule has 0 aliphatic carbocycles. The van der Waals surface area contributed by atoms with E-state index in [2.05, 4.69) is 0 Å². The number of carbonyl (C=O) groups is 2. The molecule has 0 saturated heterocycles. The Labute approximate surface area is 218 Å². The van der Waals surface area contributed by atoms with Crippen LogP contribution in [-0.2, 0) is 6.18 Å². The van der Waals surface area contributed by atoms with E-state index in [1.807, 2.05) is 0 Å². The number of amides is 2. The van der Waals surface area contributed by atoms with E-state index in [0.29, 0.717) is 23.1 Å². The normalized spacial score (nSPS) is 13.7. The predicted octanol–water partition coefficient (Wildman–Crippen LogP) is 7.54. The van der Waals surface area contributed by atoms with Crippen molar-refractivity contribution < 1.29 is 57.9 Å². The second-order valence-electron chi connectivity index (χ2n) is 8.02. The fraction of sp³-hybridized carbons (Fsp3) is 0.304. The molecule has 0 aliphatic rings. The van der Waals surface area contributed by atoms with Gasteiger partial charge >= 0.3 is 24.6 Å². The highest BCUT2D eigenvalue weighted by Gasteiger charge is 2.41. The van der Waals surface area contributed by atoms with E-state index in [1.165, 1.54) is 5.32 Å². The van der Waals surface area contributed by atoms with Crippen LogP contribution >= 0.6 is 11.6 Å². The van der Waals surface area contributed by atoms with Crippen molar-refractivity contribution in [1.82, 2.24) is 10.2 Å². The van der Waals surface area contributed by atoms with Crippen LogP contribution in [0.25, 0.3) is 5.83 Å². The topological polar surface area (TPSA) is 49.4 Å². The summed E-state index contributed by atoms with van der Waals surface area (Å²) < 4.78 is 147. The summed E-state index contributed by atoms with van der Waals surface area (Å²) in [6.07, 6.45) is -15.4. The first kappa shape index (κ1) is 31.9. The number of likely N-dealkylation sites (N-methyl/N-ethyl adjacent to an activating group) is 1. The van der Waals surface area contributed by atoms with Crippen LogP contribution in [0.1, 0.15) is 33.0 Å². The zero-order chi connectivity index (χ0) is 29.9. The highest BCUT2D eigenvalue weighted by molar-refractivity contribution is 6.30. The summed E-state index contributed by atoms with van der Waals surface area (Å²) in [4.78, 5) is 24.5. The highest BCUT2D eigenvalue weighted by Crippen LogP contribution is 2.40. The molecule has 1 unspecified atom stereocenters. The Kier molecular flexibility index (Phi) is 9.64. The number of allylic oxidation sites excluding steroid dienone is 1. The van der Waals surface area contributed by atoms with E-state index in [9.17, 15) is 57.9 Å². The lowest BCUT2D eigenvalue weighted by atomic mass is 9.95. The Hall–Kier alpha value is -3.36. The molecule has 2 amide bonds. The standard InChI is InChI=1S/C23H16ClF11N2O2/c1-37(20(39)36-10-21(27,28)29)9-19(38)13-4-2-12(6-15(13)23(33,34)35)17(25)8-14(22(30,31)32)11-3-5-16(24)18(26)7-11/h2-8,14H,9-10H2,1H3,(H,36,39)/b17-8-. The molecule has 0 heterocycles. The largest absolute Gasteiger partial charge is 0.417 e. The number of hydrogen-bond acceptors (Lipinski definition) is 2. The van der Waals surface area contributed by atoms with Crippen LogP contribution in [0.15, 0.2) is 42.5 Å². The summed E-state index contributed by atoms with van der Waals surface area (Å²) >= 11 is 5.43. The van der Waals surface area contributed by atoms with E-state index in [0.717, 1.165) is 19.2 Å². The molecule has 0 aliphatic heterocycles. The quantitative estimate of drug-likeness (QED) is 0.265. The van der Waals surface area contributed by atoms with Gasteiger partial charge in [-0.05, 0) is 29.8 Å². The molecule has 0 radical (unpaired) electrons. The summed E-state index contributed by atoms with van der Waals surface area (Å²) in [5.74, 6) is -7.24. The third-order valence-electron chi connectivity index (χ3n) is 5.04. The van der Waals surface area contributed by atoms with E-state index in [-0.39, 0.29) is 12.1 Å². The molecule has 2 aromatic rings. The van der Waals surface area contributed by atoms with Gasteiger partial charge in [-0.25, -0.2) is 13.6 Å². The Bertz CT molecular complexity index is 1250. The lowest BCUT2D eigenvalue weighted by Gasteiger charge is -2.20. The third-order valence-corrected chi connectivity index (χ3v) is 5.34. The van der Waals surface area contributed by atoms with Crippen molar-refractivity contribution in [3.05, 3.63) is 75.6 Å². The molecule has 2 aromatic carbocycles. The number of hydrogen-bond donors (Lipinski definition) is 1. The molecule has 4 nitrogen and oxygen atoms in total. The summed E-state index contributed by atoms with van der Waals surface area (Å²) in [6, 6.07) is 1.54. The third kappa shape index (κ3) is 8.83. The monoisotopic (exact) mass is 596 g/mol. The zero-order valence-electron chi connectivity index (χ0n) is 19.3. The van der Waals surface area contributed by atoms with Crippen LogP contribution in [0.2, 0.25) is 5.02 Å². The first-order valence-electron chi connectivity index (χ1n) is 10.4. The maximum Gasteiger partial charge on any atom is 0.417 e. The van der Waals surface area contributed by atoms with Crippen LogP contribution in [0.5, 0.6) is 0 Å². The van der Waals surface area contributed by atoms with E-state index >= 15 is 0 Å². The van der Waals surface area contributed by atoms with Crippen molar-refractivity contribution in [2.24, 2.45) is 0 Å². The van der Waals surface area contributed by atoms with Crippen molar-refractivity contribution in [3.63, 3.8) is 0 Å². The molecular formula is C23H16ClF11N2O2. The Morgan fingerprint density at radius 2 is 1.62 bits per heavy atom. The summed E-state index contributed by atoms with van der Waals surface area (Å²) in [5.41, 5.74) is -4.71. The molecule has 0 spiro atoms. The minimum Gasteiger partial charge on any atom is -0.329 e. The van der Waals surface area contributed by atoms with Gasteiger partial charge in [-0.2, -0.15) is 39.5 Å². The second kappa shape index (κ2) is 11.8. The molecule has 39 heavy (non-hydrogen) atoms. The van der Waals surface area contributed by atoms with Gasteiger partial charge in [0.1, 0.15) is 24.1 Å². The molecule has 0 aromatic heterocycles. The van der Waals surface area contributed by atoms with Gasteiger partial charge in [-0.1, -0.05) is 29.8 Å². The smallest absolute Gasteiger partial charge is 0.329 e. The Balaban J connectivity index is 2.42. The molecular weight excluding hydrogens is 581 g/mol. The highest BCUT2D eigenvalue weighted by atomic mass is 35.5. The van der Waals surface area contributed by atoms with Gasteiger partial charge < -0.3 is 10.2 Å². The molecule has 0 bridgehead atoms. The molecule has 0 fully saturated rings. The Morgan fingerprint density at radius 3 is 2.13 bits per heavy atom. The van der Waals surface area contributed by atoms with Crippen LogP contribution in [0.4, 0.5) is 53.1 Å². The van der Waals surface area contributed by atoms with Crippen LogP contribution in [0, 0.1) is 5.82 Å². The first-order chi connectivity index (χ1) is 17.7. The summed E-state index contributed by atoms with van der Waals surface area (Å²) in [6.45, 7) is -2.90. The average Bonchev–Trinajstić information content (AvgIpc) is 2.80. The number of carbonyl (C=O) groups excluding carboxylic acids is 2. The minimum absolute atomic E-state index is 0.0542. The maximum atomic E-state index is 14.8. The number of benzene rings is 2. The average molecular weight is 597 g/mol. The number of nitrogens with one attached hydrogen (secondary N) is 1. The molecule has 0 saturated carbocycles. The van der Waals surface area contributed by atoms with Crippen LogP contribution in [-0.4, -0.2) is 49.2 Å². The van der Waals surface area contributed by atoms with Crippen LogP contribution in [0.3, 0.4) is 0 Å². The number of halogens is 12. The van der Waals surface area contributed by atoms with Gasteiger partial charge in [-0.3, -0.25) is 4.79 Å². The number of urea groups is 1. The van der Waals surface area contributed by atoms with E-state index in [4.69, 9.17) is 11.6 Å². The lowest BCUT2D eigenvalue weighted by molar-refractivity contribution is -0.140. The minimum atomic E-state index is -5.33. The summed E-state index contributed by atoms with van der Waals surface area (Å²) in [7, 11) is 0.824. The summed E-state index contributed by atoms with van der Waals surface area (Å²) in [5, 5.41) is 0.881. The molecule has 214 valence electrons. The lowest BCUT2D eigenvalue weighted by Crippen LogP contribution is -2.43. The fourth-order valence-electron chi connectivity index (χ4n) is 3.18. The Morgan fingerprint density at radius 1 is 1.00 bits per heavy atom.